The number of hydrogen-bond donors (Lipinski definition) is 2. The van der Waals surface area contributed by atoms with Crippen LogP contribution in [0.1, 0.15) is 26.3 Å². The number of amidine groups is 1. The Kier molecular flexibility index (Phi) is 6.41. The molecule has 148 valence electrons. The van der Waals surface area contributed by atoms with Crippen molar-refractivity contribution < 1.29 is 19.4 Å². The molecule has 1 amide bonds. The van der Waals surface area contributed by atoms with Crippen LogP contribution in [0.2, 0.25) is 0 Å². The predicted molar refractivity (Wildman–Crippen MR) is 108 cm³/mol. The Balaban J connectivity index is 0.000000640. The third-order valence-corrected chi connectivity index (χ3v) is 4.40. The molecule has 2 aromatic rings. The molecule has 0 bridgehead atoms. The molecule has 7 heteroatoms. The van der Waals surface area contributed by atoms with E-state index in [1.807, 2.05) is 55.5 Å². The summed E-state index contributed by atoms with van der Waals surface area (Å²) in [5, 5.41) is 7.42. The second-order valence-corrected chi connectivity index (χ2v) is 6.56. The fourth-order valence-corrected chi connectivity index (χ4v) is 3.13. The van der Waals surface area contributed by atoms with Gasteiger partial charge in [0, 0.05) is 19.4 Å². The average Bonchev–Trinajstić information content (AvgIpc) is 2.97. The van der Waals surface area contributed by atoms with Crippen LogP contribution < -0.4 is 10.5 Å². The molecule has 0 saturated heterocycles. The monoisotopic (exact) mass is 383 g/mol. The van der Waals surface area contributed by atoms with Crippen molar-refractivity contribution in [2.75, 3.05) is 13.7 Å². The van der Waals surface area contributed by atoms with Crippen LogP contribution in [0.3, 0.4) is 0 Å². The lowest BCUT2D eigenvalue weighted by Gasteiger charge is -2.32. The van der Waals surface area contributed by atoms with Gasteiger partial charge in [0.15, 0.2) is 5.66 Å². The number of ether oxygens (including phenoxy) is 1. The van der Waals surface area contributed by atoms with E-state index in [0.717, 1.165) is 29.4 Å². The van der Waals surface area contributed by atoms with Crippen molar-refractivity contribution in [3.8, 4) is 16.9 Å². The van der Waals surface area contributed by atoms with E-state index in [4.69, 9.17) is 20.4 Å². The molecule has 1 heterocycles. The van der Waals surface area contributed by atoms with Gasteiger partial charge in [0.25, 0.3) is 5.97 Å². The van der Waals surface area contributed by atoms with Crippen LogP contribution in [0.25, 0.3) is 11.1 Å². The molecule has 3 N–H and O–H groups in total. The maximum atomic E-state index is 12.0. The van der Waals surface area contributed by atoms with Crippen LogP contribution in [-0.4, -0.2) is 41.4 Å². The molecule has 0 saturated carbocycles. The number of benzene rings is 2. The topological polar surface area (TPSA) is 105 Å². The maximum absolute atomic E-state index is 12.0. The van der Waals surface area contributed by atoms with Gasteiger partial charge in [-0.15, -0.1) is 0 Å². The Morgan fingerprint density at radius 3 is 2.29 bits per heavy atom. The third-order valence-electron chi connectivity index (χ3n) is 4.40. The van der Waals surface area contributed by atoms with E-state index in [2.05, 4.69) is 4.99 Å². The summed E-state index contributed by atoms with van der Waals surface area (Å²) in [5.41, 5.74) is 8.14. The first kappa shape index (κ1) is 21.0. The molecule has 0 fully saturated rings. The van der Waals surface area contributed by atoms with Gasteiger partial charge in [-0.2, -0.15) is 0 Å². The largest absolute Gasteiger partial charge is 0.497 e. The first-order chi connectivity index (χ1) is 13.2. The van der Waals surface area contributed by atoms with Gasteiger partial charge >= 0.3 is 0 Å². The number of nitrogens with zero attached hydrogens (tertiary/aromatic N) is 2. The first-order valence-corrected chi connectivity index (χ1v) is 8.74. The number of methoxy groups -OCH3 is 1. The van der Waals surface area contributed by atoms with E-state index < -0.39 is 11.6 Å². The number of carbonyl (C=O) groups is 2. The van der Waals surface area contributed by atoms with E-state index >= 15 is 0 Å². The highest BCUT2D eigenvalue weighted by molar-refractivity contribution is 5.90. The smallest absolute Gasteiger partial charge is 0.300 e. The summed E-state index contributed by atoms with van der Waals surface area (Å²) >= 11 is 0. The molecular formula is C21H25N3O4. The van der Waals surface area contributed by atoms with Crippen LogP contribution in [-0.2, 0) is 15.3 Å². The normalized spacial score (nSPS) is 18.0. The van der Waals surface area contributed by atoms with Crippen LogP contribution in [0, 0.1) is 0 Å². The molecule has 7 nitrogen and oxygen atoms in total. The number of carboxylic acid groups (broad SMARTS) is 1. The zero-order chi connectivity index (χ0) is 20.9. The molecule has 3 rings (SSSR count). The van der Waals surface area contributed by atoms with Crippen LogP contribution in [0.5, 0.6) is 5.75 Å². The van der Waals surface area contributed by atoms with Crippen molar-refractivity contribution >= 4 is 17.7 Å². The van der Waals surface area contributed by atoms with E-state index in [9.17, 15) is 4.79 Å². The highest BCUT2D eigenvalue weighted by atomic mass is 16.5. The van der Waals surface area contributed by atoms with Gasteiger partial charge in [0.2, 0.25) is 5.91 Å². The van der Waals surface area contributed by atoms with E-state index in [0.29, 0.717) is 12.4 Å². The summed E-state index contributed by atoms with van der Waals surface area (Å²) in [6.45, 7) is 4.90. The number of carbonyl (C=O) groups excluding carboxylic acids is 1. The molecule has 0 aliphatic carbocycles. The summed E-state index contributed by atoms with van der Waals surface area (Å²) < 4.78 is 5.30. The molecule has 1 unspecified atom stereocenters. The predicted octanol–water partition coefficient (Wildman–Crippen LogP) is 2.85. The van der Waals surface area contributed by atoms with Gasteiger partial charge in [-0.25, -0.2) is 4.99 Å². The number of amides is 1. The number of hydrogen-bond acceptors (Lipinski definition) is 5. The van der Waals surface area contributed by atoms with Crippen molar-refractivity contribution in [1.29, 1.82) is 0 Å². The summed E-state index contributed by atoms with van der Waals surface area (Å²) in [4.78, 5) is 27.2. The van der Waals surface area contributed by atoms with E-state index in [1.54, 1.807) is 12.0 Å². The van der Waals surface area contributed by atoms with Crippen molar-refractivity contribution in [3.63, 3.8) is 0 Å². The second-order valence-electron chi connectivity index (χ2n) is 6.56. The number of carboxylic acids is 1. The summed E-state index contributed by atoms with van der Waals surface area (Å²) in [6.07, 6.45) is 0. The van der Waals surface area contributed by atoms with Gasteiger partial charge in [-0.3, -0.25) is 9.59 Å². The minimum Gasteiger partial charge on any atom is -0.497 e. The Morgan fingerprint density at radius 1 is 1.14 bits per heavy atom. The van der Waals surface area contributed by atoms with Crippen LogP contribution in [0.15, 0.2) is 53.5 Å². The molecule has 0 aromatic heterocycles. The van der Waals surface area contributed by atoms with Crippen molar-refractivity contribution in [2.24, 2.45) is 10.7 Å². The van der Waals surface area contributed by atoms with E-state index in [1.165, 1.54) is 6.92 Å². The summed E-state index contributed by atoms with van der Waals surface area (Å²) in [6, 6.07) is 15.9. The number of rotatable bonds is 3. The zero-order valence-electron chi connectivity index (χ0n) is 16.5. The number of aliphatic imine (C=N–C) groups is 1. The molecule has 2 aromatic carbocycles. The molecule has 28 heavy (non-hydrogen) atoms. The number of aliphatic carboxylic acids is 1. The number of nitrogens with two attached hydrogens (primary N) is 1. The summed E-state index contributed by atoms with van der Waals surface area (Å²) in [5.74, 6) is 0.394. The molecular weight excluding hydrogens is 358 g/mol. The molecule has 1 atom stereocenters. The van der Waals surface area contributed by atoms with Gasteiger partial charge in [0.1, 0.15) is 11.6 Å². The minimum absolute atomic E-state index is 0.0477. The van der Waals surface area contributed by atoms with Gasteiger partial charge < -0.3 is 20.5 Å². The van der Waals surface area contributed by atoms with Gasteiger partial charge in [-0.05, 0) is 36.2 Å². The van der Waals surface area contributed by atoms with Gasteiger partial charge in [-0.1, -0.05) is 30.3 Å². The zero-order valence-corrected chi connectivity index (χ0v) is 16.5. The SMILES string of the molecule is CC(=O)O.COc1cccc(-c2cccc(C3(C)N=C(N)CN3C(C)=O)c2)c1. The Hall–Kier alpha value is -3.35. The lowest BCUT2D eigenvalue weighted by molar-refractivity contribution is -0.134. The molecule has 1 aliphatic rings. The highest BCUT2D eigenvalue weighted by Crippen LogP contribution is 2.36. The third kappa shape index (κ3) is 4.68. The maximum Gasteiger partial charge on any atom is 0.300 e. The minimum atomic E-state index is -0.833. The molecule has 0 spiro atoms. The Bertz CT molecular complexity index is 906. The fraction of sp³-hybridized carbons (Fsp3) is 0.286. The Labute approximate surface area is 164 Å². The molecule has 0 radical (unpaired) electrons. The average molecular weight is 383 g/mol. The van der Waals surface area contributed by atoms with E-state index in [-0.39, 0.29) is 5.91 Å². The fourth-order valence-electron chi connectivity index (χ4n) is 3.13. The highest BCUT2D eigenvalue weighted by Gasteiger charge is 2.40. The van der Waals surface area contributed by atoms with Crippen molar-refractivity contribution in [3.05, 3.63) is 54.1 Å². The summed E-state index contributed by atoms with van der Waals surface area (Å²) in [7, 11) is 1.65. The van der Waals surface area contributed by atoms with Crippen LogP contribution in [0.4, 0.5) is 0 Å². The second kappa shape index (κ2) is 8.56. The standard InChI is InChI=1S/C19H21N3O2.C2H4O2/c1-13(23)22-12-18(20)21-19(22,2)16-8-4-6-14(10-16)15-7-5-9-17(11-15)24-3;1-2(3)4/h4-11H,12H2,1-3H3,(H2,20,21);1H3,(H,3,4). The van der Waals surface area contributed by atoms with Crippen molar-refractivity contribution in [1.82, 2.24) is 4.90 Å². The molecule has 1 aliphatic heterocycles. The first-order valence-electron chi connectivity index (χ1n) is 8.74. The quantitative estimate of drug-likeness (QED) is 0.848. The van der Waals surface area contributed by atoms with Crippen molar-refractivity contribution in [2.45, 2.75) is 26.4 Å². The van der Waals surface area contributed by atoms with Gasteiger partial charge in [0.05, 0.1) is 13.7 Å². The lowest BCUT2D eigenvalue weighted by Crippen LogP contribution is -2.42. The Morgan fingerprint density at radius 2 is 1.71 bits per heavy atom. The lowest BCUT2D eigenvalue weighted by atomic mass is 9.95. The van der Waals surface area contributed by atoms with Crippen LogP contribution >= 0.6 is 0 Å².